The molecule has 0 N–H and O–H groups in total. The van der Waals surface area contributed by atoms with Crippen LogP contribution in [0.1, 0.15) is 66.8 Å². The molecule has 0 aliphatic heterocycles. The minimum absolute atomic E-state index is 0.0396. The van der Waals surface area contributed by atoms with E-state index in [0.717, 1.165) is 22.7 Å². The summed E-state index contributed by atoms with van der Waals surface area (Å²) < 4.78 is 12.0. The van der Waals surface area contributed by atoms with Gasteiger partial charge in [0.1, 0.15) is 5.75 Å². The van der Waals surface area contributed by atoms with Crippen molar-refractivity contribution in [1.82, 2.24) is 4.98 Å². The predicted molar refractivity (Wildman–Crippen MR) is 87.2 cm³/mol. The van der Waals surface area contributed by atoms with E-state index in [1.165, 1.54) is 5.56 Å². The van der Waals surface area contributed by atoms with E-state index in [0.29, 0.717) is 0 Å². The van der Waals surface area contributed by atoms with Gasteiger partial charge in [0.05, 0.1) is 6.10 Å². The molecule has 0 bridgehead atoms. The SMILES string of the molecule is CC(C)Oc1cc(C(C)(C)C)cc2oc(C(C)(C)C)nc12. The molecule has 3 nitrogen and oxygen atoms in total. The van der Waals surface area contributed by atoms with Crippen LogP contribution in [0.5, 0.6) is 5.75 Å². The van der Waals surface area contributed by atoms with E-state index in [4.69, 9.17) is 9.15 Å². The highest BCUT2D eigenvalue weighted by Crippen LogP contribution is 2.36. The second-order valence-corrected chi connectivity index (χ2v) is 8.01. The Morgan fingerprint density at radius 2 is 1.62 bits per heavy atom. The van der Waals surface area contributed by atoms with Crippen molar-refractivity contribution >= 4 is 11.1 Å². The number of aromatic nitrogens is 1. The lowest BCUT2D eigenvalue weighted by Crippen LogP contribution is -2.13. The fourth-order valence-electron chi connectivity index (χ4n) is 2.10. The quantitative estimate of drug-likeness (QED) is 0.761. The molecule has 1 aromatic carbocycles. The highest BCUT2D eigenvalue weighted by Gasteiger charge is 2.25. The Hall–Kier alpha value is -1.51. The molecule has 0 fully saturated rings. The Balaban J connectivity index is 2.68. The Bertz CT molecular complexity index is 640. The maximum Gasteiger partial charge on any atom is 0.200 e. The Morgan fingerprint density at radius 1 is 1.00 bits per heavy atom. The van der Waals surface area contributed by atoms with Crippen LogP contribution in [0.15, 0.2) is 16.5 Å². The lowest BCUT2D eigenvalue weighted by atomic mass is 9.87. The normalized spacial score (nSPS) is 13.2. The first kappa shape index (κ1) is 15.9. The molecule has 0 aliphatic rings. The Labute approximate surface area is 127 Å². The zero-order valence-electron chi connectivity index (χ0n) is 14.5. The molecule has 0 atom stereocenters. The van der Waals surface area contributed by atoms with Crippen LogP contribution < -0.4 is 4.74 Å². The summed E-state index contributed by atoms with van der Waals surface area (Å²) in [6.07, 6.45) is 0.109. The van der Waals surface area contributed by atoms with E-state index in [1.807, 2.05) is 13.8 Å². The summed E-state index contributed by atoms with van der Waals surface area (Å²) in [6.45, 7) is 16.9. The van der Waals surface area contributed by atoms with E-state index in [-0.39, 0.29) is 16.9 Å². The van der Waals surface area contributed by atoms with Gasteiger partial charge in [0, 0.05) is 5.41 Å². The van der Waals surface area contributed by atoms with Gasteiger partial charge in [0.25, 0.3) is 0 Å². The first-order chi connectivity index (χ1) is 9.48. The molecular formula is C18H27NO2. The van der Waals surface area contributed by atoms with Crippen LogP contribution in [0.3, 0.4) is 0 Å². The summed E-state index contributed by atoms with van der Waals surface area (Å²) in [5.41, 5.74) is 2.75. The minimum Gasteiger partial charge on any atom is -0.489 e. The van der Waals surface area contributed by atoms with Crippen LogP contribution in [0, 0.1) is 0 Å². The molecule has 0 saturated carbocycles. The smallest absolute Gasteiger partial charge is 0.200 e. The van der Waals surface area contributed by atoms with Crippen LogP contribution in [0.2, 0.25) is 0 Å². The van der Waals surface area contributed by atoms with Crippen LogP contribution in [-0.4, -0.2) is 11.1 Å². The van der Waals surface area contributed by atoms with Crippen LogP contribution in [0.4, 0.5) is 0 Å². The zero-order valence-corrected chi connectivity index (χ0v) is 14.5. The summed E-state index contributed by atoms with van der Waals surface area (Å²) in [7, 11) is 0. The highest BCUT2D eigenvalue weighted by atomic mass is 16.5. The van der Waals surface area contributed by atoms with Crippen molar-refractivity contribution in [3.8, 4) is 5.75 Å². The lowest BCUT2D eigenvalue weighted by molar-refractivity contribution is 0.244. The van der Waals surface area contributed by atoms with Crippen molar-refractivity contribution in [1.29, 1.82) is 0 Å². The minimum atomic E-state index is -0.115. The number of rotatable bonds is 2. The third kappa shape index (κ3) is 3.39. The molecule has 1 heterocycles. The largest absolute Gasteiger partial charge is 0.489 e. The molecule has 3 heteroatoms. The molecule has 0 radical (unpaired) electrons. The average Bonchev–Trinajstić information content (AvgIpc) is 2.70. The van der Waals surface area contributed by atoms with Crippen molar-refractivity contribution in [3.63, 3.8) is 0 Å². The van der Waals surface area contributed by atoms with Crippen molar-refractivity contribution in [2.24, 2.45) is 0 Å². The fourth-order valence-corrected chi connectivity index (χ4v) is 2.10. The van der Waals surface area contributed by atoms with Crippen molar-refractivity contribution < 1.29 is 9.15 Å². The highest BCUT2D eigenvalue weighted by molar-refractivity contribution is 5.81. The van der Waals surface area contributed by atoms with E-state index < -0.39 is 0 Å². The van der Waals surface area contributed by atoms with Gasteiger partial charge in [-0.2, -0.15) is 0 Å². The topological polar surface area (TPSA) is 35.3 Å². The van der Waals surface area contributed by atoms with Crippen LogP contribution in [0.25, 0.3) is 11.1 Å². The standard InChI is InChI=1S/C18H27NO2/c1-11(2)20-13-9-12(17(3,4)5)10-14-15(13)19-16(21-14)18(6,7)8/h9-11H,1-8H3. The third-order valence-corrected chi connectivity index (χ3v) is 3.33. The van der Waals surface area contributed by atoms with Gasteiger partial charge in [0.2, 0.25) is 5.89 Å². The molecule has 116 valence electrons. The maximum absolute atomic E-state index is 6.00. The predicted octanol–water partition coefficient (Wildman–Crippen LogP) is 5.21. The van der Waals surface area contributed by atoms with Crippen LogP contribution in [-0.2, 0) is 10.8 Å². The number of hydrogen-bond acceptors (Lipinski definition) is 3. The van der Waals surface area contributed by atoms with Gasteiger partial charge in [-0.05, 0) is 37.0 Å². The lowest BCUT2D eigenvalue weighted by Gasteiger charge is -2.20. The molecule has 0 saturated heterocycles. The molecule has 0 aliphatic carbocycles. The number of nitrogens with zero attached hydrogens (tertiary/aromatic N) is 1. The first-order valence-electron chi connectivity index (χ1n) is 7.60. The molecule has 2 aromatic rings. The van der Waals surface area contributed by atoms with Gasteiger partial charge in [-0.3, -0.25) is 0 Å². The second-order valence-electron chi connectivity index (χ2n) is 8.01. The molecule has 1 aromatic heterocycles. The molecule has 0 spiro atoms. The summed E-state index contributed by atoms with van der Waals surface area (Å²) in [6, 6.07) is 4.18. The van der Waals surface area contributed by atoms with Gasteiger partial charge in [-0.25, -0.2) is 4.98 Å². The second kappa shape index (κ2) is 5.04. The Morgan fingerprint density at radius 3 is 2.10 bits per heavy atom. The number of oxazole rings is 1. The first-order valence-corrected chi connectivity index (χ1v) is 7.60. The van der Waals surface area contributed by atoms with E-state index >= 15 is 0 Å². The van der Waals surface area contributed by atoms with Crippen molar-refractivity contribution in [2.45, 2.75) is 72.3 Å². The van der Waals surface area contributed by atoms with Crippen molar-refractivity contribution in [2.75, 3.05) is 0 Å². The molecule has 0 unspecified atom stereocenters. The van der Waals surface area contributed by atoms with E-state index in [9.17, 15) is 0 Å². The summed E-state index contributed by atoms with van der Waals surface area (Å²) in [5, 5.41) is 0. The van der Waals surface area contributed by atoms with Gasteiger partial charge >= 0.3 is 0 Å². The van der Waals surface area contributed by atoms with E-state index in [1.54, 1.807) is 0 Å². The van der Waals surface area contributed by atoms with Gasteiger partial charge < -0.3 is 9.15 Å². The van der Waals surface area contributed by atoms with Gasteiger partial charge in [-0.1, -0.05) is 41.5 Å². The monoisotopic (exact) mass is 289 g/mol. The number of hydrogen-bond donors (Lipinski definition) is 0. The maximum atomic E-state index is 6.00. The summed E-state index contributed by atoms with van der Waals surface area (Å²) in [4.78, 5) is 4.67. The zero-order chi connectivity index (χ0) is 16.0. The van der Waals surface area contributed by atoms with E-state index in [2.05, 4.69) is 58.7 Å². The molecular weight excluding hydrogens is 262 g/mol. The van der Waals surface area contributed by atoms with Gasteiger partial charge in [0.15, 0.2) is 11.1 Å². The molecule has 21 heavy (non-hydrogen) atoms. The average molecular weight is 289 g/mol. The molecule has 2 rings (SSSR count). The summed E-state index contributed by atoms with van der Waals surface area (Å²) >= 11 is 0. The van der Waals surface area contributed by atoms with Gasteiger partial charge in [-0.15, -0.1) is 0 Å². The number of benzene rings is 1. The third-order valence-electron chi connectivity index (χ3n) is 3.33. The van der Waals surface area contributed by atoms with Crippen molar-refractivity contribution in [3.05, 3.63) is 23.6 Å². The molecule has 0 amide bonds. The Kier molecular flexibility index (Phi) is 3.81. The number of fused-ring (bicyclic) bond motifs is 1. The van der Waals surface area contributed by atoms with Crippen LogP contribution >= 0.6 is 0 Å². The number of ether oxygens (including phenoxy) is 1. The fraction of sp³-hybridized carbons (Fsp3) is 0.611. The summed E-state index contributed by atoms with van der Waals surface area (Å²) in [5.74, 6) is 1.56.